The molecular weight excluding hydrogens is 150 g/mol. The molecule has 0 bridgehead atoms. The first-order valence-corrected chi connectivity index (χ1v) is 3.65. The van der Waals surface area contributed by atoms with Crippen LogP contribution < -0.4 is 0 Å². The number of nitrogens with zero attached hydrogens (tertiary/aromatic N) is 1. The zero-order valence-electron chi connectivity index (χ0n) is 7.09. The Morgan fingerprint density at radius 1 is 1.10 bits per heavy atom. The monoisotopic (exact) mass is 167 g/mol. The molecule has 0 atom stereocenters. The van der Waals surface area contributed by atoms with Crippen LogP contribution in [0.3, 0.4) is 0 Å². The number of halogens is 1. The van der Waals surface area contributed by atoms with Crippen LogP contribution in [0.5, 0.6) is 0 Å². The molecule has 0 rings (SSSR count). The zero-order chi connectivity index (χ0) is 7.11. The molecule has 10 heavy (non-hydrogen) atoms. The summed E-state index contributed by atoms with van der Waals surface area (Å²) in [5.74, 6) is 0. The normalized spacial score (nSPS) is 9.60. The van der Waals surface area contributed by atoms with Gasteiger partial charge >= 0.3 is 0 Å². The minimum atomic E-state index is 0. The van der Waals surface area contributed by atoms with Crippen LogP contribution in [0.4, 0.5) is 0 Å². The maximum atomic E-state index is 5.20. The van der Waals surface area contributed by atoms with Crippen molar-refractivity contribution in [2.45, 2.75) is 20.8 Å². The third-order valence-corrected chi connectivity index (χ3v) is 1.37. The Morgan fingerprint density at radius 2 is 1.60 bits per heavy atom. The highest BCUT2D eigenvalue weighted by Gasteiger charge is 1.94. The maximum Gasteiger partial charge on any atom is 0.0989 e. The molecule has 3 heteroatoms. The van der Waals surface area contributed by atoms with Crippen molar-refractivity contribution in [2.75, 3.05) is 26.4 Å². The number of ether oxygens (including phenoxy) is 1. The molecule has 0 saturated carbocycles. The fourth-order valence-corrected chi connectivity index (χ4v) is 0.627. The lowest BCUT2D eigenvalue weighted by atomic mass is 10.6. The Kier molecular flexibility index (Phi) is 11.8. The molecule has 0 aromatic rings. The van der Waals surface area contributed by atoms with Crippen molar-refractivity contribution < 1.29 is 4.74 Å². The molecule has 0 spiro atoms. The van der Waals surface area contributed by atoms with Crippen LogP contribution in [0.25, 0.3) is 0 Å². The van der Waals surface area contributed by atoms with Gasteiger partial charge in [0.05, 0.1) is 6.73 Å². The molecule has 0 aromatic carbocycles. The van der Waals surface area contributed by atoms with Crippen molar-refractivity contribution in [3.63, 3.8) is 0 Å². The van der Waals surface area contributed by atoms with Crippen molar-refractivity contribution in [1.82, 2.24) is 4.90 Å². The van der Waals surface area contributed by atoms with Crippen molar-refractivity contribution in [3.8, 4) is 0 Å². The minimum absolute atomic E-state index is 0. The molecule has 0 saturated heterocycles. The first kappa shape index (κ1) is 12.8. The topological polar surface area (TPSA) is 12.5 Å². The molecule has 0 radical (unpaired) electrons. The lowest BCUT2D eigenvalue weighted by molar-refractivity contribution is 0.0417. The first-order valence-electron chi connectivity index (χ1n) is 3.65. The van der Waals surface area contributed by atoms with Gasteiger partial charge < -0.3 is 4.74 Å². The van der Waals surface area contributed by atoms with Gasteiger partial charge in [0, 0.05) is 6.61 Å². The molecule has 0 amide bonds. The minimum Gasteiger partial charge on any atom is -0.366 e. The predicted molar refractivity (Wildman–Crippen MR) is 46.7 cm³/mol. The molecule has 0 aliphatic heterocycles. The van der Waals surface area contributed by atoms with Gasteiger partial charge in [0.1, 0.15) is 0 Å². The second kappa shape index (κ2) is 9.21. The van der Waals surface area contributed by atoms with Gasteiger partial charge in [-0.3, -0.25) is 4.90 Å². The van der Waals surface area contributed by atoms with Gasteiger partial charge in [-0.1, -0.05) is 13.8 Å². The van der Waals surface area contributed by atoms with Gasteiger partial charge in [0.25, 0.3) is 0 Å². The summed E-state index contributed by atoms with van der Waals surface area (Å²) in [4.78, 5) is 2.24. The van der Waals surface area contributed by atoms with E-state index in [1.165, 1.54) is 0 Å². The van der Waals surface area contributed by atoms with Crippen LogP contribution in [0, 0.1) is 0 Å². The molecule has 0 aliphatic carbocycles. The quantitative estimate of drug-likeness (QED) is 0.579. The largest absolute Gasteiger partial charge is 0.366 e. The number of rotatable bonds is 5. The Balaban J connectivity index is 0. The van der Waals surface area contributed by atoms with E-state index < -0.39 is 0 Å². The van der Waals surface area contributed by atoms with Crippen LogP contribution in [0.2, 0.25) is 0 Å². The Labute approximate surface area is 70.0 Å². The van der Waals surface area contributed by atoms with Crippen LogP contribution in [0.15, 0.2) is 0 Å². The lowest BCUT2D eigenvalue weighted by Gasteiger charge is -2.16. The Bertz CT molecular complexity index is 57.6. The van der Waals surface area contributed by atoms with E-state index in [1.807, 2.05) is 6.92 Å². The molecule has 64 valence electrons. The van der Waals surface area contributed by atoms with Crippen molar-refractivity contribution in [2.24, 2.45) is 0 Å². The molecular formula is C7H18ClNO. The molecule has 0 aromatic heterocycles. The number of hydrogen-bond donors (Lipinski definition) is 0. The fraction of sp³-hybridized carbons (Fsp3) is 1.00. The van der Waals surface area contributed by atoms with Gasteiger partial charge in [-0.05, 0) is 20.0 Å². The molecule has 0 unspecified atom stereocenters. The van der Waals surface area contributed by atoms with E-state index in [4.69, 9.17) is 4.74 Å². The third kappa shape index (κ3) is 6.33. The maximum absolute atomic E-state index is 5.20. The molecule has 0 heterocycles. The van der Waals surface area contributed by atoms with Crippen LogP contribution >= 0.6 is 12.4 Å². The lowest BCUT2D eigenvalue weighted by Crippen LogP contribution is -2.25. The summed E-state index contributed by atoms with van der Waals surface area (Å²) in [6.07, 6.45) is 0. The summed E-state index contributed by atoms with van der Waals surface area (Å²) >= 11 is 0. The smallest absolute Gasteiger partial charge is 0.0989 e. The fourth-order valence-electron chi connectivity index (χ4n) is 0.627. The summed E-state index contributed by atoms with van der Waals surface area (Å²) in [5.41, 5.74) is 0. The highest BCUT2D eigenvalue weighted by Crippen LogP contribution is 1.85. The van der Waals surface area contributed by atoms with Crippen molar-refractivity contribution in [3.05, 3.63) is 0 Å². The molecule has 2 nitrogen and oxygen atoms in total. The first-order chi connectivity index (χ1) is 4.35. The van der Waals surface area contributed by atoms with Crippen LogP contribution in [-0.2, 0) is 4.74 Å². The summed E-state index contributed by atoms with van der Waals surface area (Å²) in [7, 11) is 0. The van der Waals surface area contributed by atoms with Gasteiger partial charge in [-0.25, -0.2) is 0 Å². The molecule has 0 aliphatic rings. The van der Waals surface area contributed by atoms with Crippen molar-refractivity contribution >= 4 is 12.4 Å². The third-order valence-electron chi connectivity index (χ3n) is 1.37. The standard InChI is InChI=1S/C7H17NO.ClH/c1-4-8(5-2)7-9-6-3;/h4-7H2,1-3H3;1H. The van der Waals surface area contributed by atoms with Gasteiger partial charge in [0.15, 0.2) is 0 Å². The van der Waals surface area contributed by atoms with E-state index in [1.54, 1.807) is 0 Å². The van der Waals surface area contributed by atoms with E-state index in [-0.39, 0.29) is 12.4 Å². The Morgan fingerprint density at radius 3 is 1.90 bits per heavy atom. The zero-order valence-corrected chi connectivity index (χ0v) is 7.91. The van der Waals surface area contributed by atoms with Gasteiger partial charge in [-0.15, -0.1) is 12.4 Å². The number of hydrogen-bond acceptors (Lipinski definition) is 2. The van der Waals surface area contributed by atoms with E-state index in [2.05, 4.69) is 18.7 Å². The van der Waals surface area contributed by atoms with E-state index in [0.717, 1.165) is 26.4 Å². The van der Waals surface area contributed by atoms with E-state index >= 15 is 0 Å². The van der Waals surface area contributed by atoms with Crippen molar-refractivity contribution in [1.29, 1.82) is 0 Å². The van der Waals surface area contributed by atoms with Gasteiger partial charge in [0.2, 0.25) is 0 Å². The SMILES string of the molecule is CCOCN(CC)CC.Cl. The highest BCUT2D eigenvalue weighted by molar-refractivity contribution is 5.85. The molecule has 0 fully saturated rings. The second-order valence-electron chi connectivity index (χ2n) is 1.93. The highest BCUT2D eigenvalue weighted by atomic mass is 35.5. The van der Waals surface area contributed by atoms with Crippen LogP contribution in [0.1, 0.15) is 20.8 Å². The molecule has 0 N–H and O–H groups in total. The summed E-state index contributed by atoms with van der Waals surface area (Å²) < 4.78 is 5.20. The second-order valence-corrected chi connectivity index (χ2v) is 1.93. The summed E-state index contributed by atoms with van der Waals surface area (Å²) in [6, 6.07) is 0. The van der Waals surface area contributed by atoms with E-state index in [0.29, 0.717) is 0 Å². The van der Waals surface area contributed by atoms with Gasteiger partial charge in [-0.2, -0.15) is 0 Å². The summed E-state index contributed by atoms with van der Waals surface area (Å²) in [6.45, 7) is 10.1. The Hall–Kier alpha value is 0.210. The average Bonchev–Trinajstić information content (AvgIpc) is 1.91. The average molecular weight is 168 g/mol. The summed E-state index contributed by atoms with van der Waals surface area (Å²) in [5, 5.41) is 0. The van der Waals surface area contributed by atoms with Crippen LogP contribution in [-0.4, -0.2) is 31.3 Å². The predicted octanol–water partition coefficient (Wildman–Crippen LogP) is 1.74. The van der Waals surface area contributed by atoms with E-state index in [9.17, 15) is 0 Å².